The number of hydrogen-bond acceptors (Lipinski definition) is 5. The van der Waals surface area contributed by atoms with Crippen molar-refractivity contribution in [2.45, 2.75) is 31.5 Å². The fourth-order valence-electron chi connectivity index (χ4n) is 3.62. The van der Waals surface area contributed by atoms with Crippen LogP contribution < -0.4 is 5.73 Å². The average molecular weight is 421 g/mol. The molecule has 2 aliphatic rings. The number of halogens is 3. The smallest absolute Gasteiger partial charge is 0.416 e. The van der Waals surface area contributed by atoms with Crippen LogP contribution in [0.2, 0.25) is 0 Å². The molecule has 8 heteroatoms. The maximum Gasteiger partial charge on any atom is 0.416 e. The predicted molar refractivity (Wildman–Crippen MR) is 109 cm³/mol. The zero-order valence-electron chi connectivity index (χ0n) is 16.8. The van der Waals surface area contributed by atoms with Gasteiger partial charge >= 0.3 is 6.18 Å². The Labute approximate surface area is 174 Å². The van der Waals surface area contributed by atoms with E-state index in [0.29, 0.717) is 23.4 Å². The number of phenols is 1. The molecule has 0 saturated carbocycles. The summed E-state index contributed by atoms with van der Waals surface area (Å²) < 4.78 is 43.5. The number of pyridine rings is 1. The maximum absolute atomic E-state index is 12.8. The quantitative estimate of drug-likeness (QED) is 0.717. The molecule has 4 rings (SSSR count). The molecule has 0 bridgehead atoms. The first kappa shape index (κ1) is 22.1. The van der Waals surface area contributed by atoms with Gasteiger partial charge in [-0.1, -0.05) is 6.07 Å². The van der Waals surface area contributed by atoms with Gasteiger partial charge < -0.3 is 15.6 Å². The third kappa shape index (κ3) is 5.12. The van der Waals surface area contributed by atoms with Crippen molar-refractivity contribution in [1.82, 2.24) is 9.88 Å². The van der Waals surface area contributed by atoms with E-state index in [1.54, 1.807) is 18.5 Å². The van der Waals surface area contributed by atoms with Gasteiger partial charge in [-0.05, 0) is 56.1 Å². The summed E-state index contributed by atoms with van der Waals surface area (Å²) in [7, 11) is 1.82. The predicted octanol–water partition coefficient (Wildman–Crippen LogP) is 4.33. The molecule has 1 unspecified atom stereocenters. The topological polar surface area (TPSA) is 71.6 Å². The number of likely N-dealkylation sites (N-methyl/N-ethyl adjacent to an activating group) is 1. The largest absolute Gasteiger partial charge is 0.508 e. The highest BCUT2D eigenvalue weighted by atomic mass is 19.4. The van der Waals surface area contributed by atoms with Gasteiger partial charge in [0.2, 0.25) is 0 Å². The Hall–Kier alpha value is -2.58. The second-order valence-electron chi connectivity index (χ2n) is 7.41. The van der Waals surface area contributed by atoms with Crippen molar-refractivity contribution in [3.05, 3.63) is 65.0 Å². The van der Waals surface area contributed by atoms with E-state index in [-0.39, 0.29) is 0 Å². The molecule has 2 aliphatic heterocycles. The molecule has 3 N–H and O–H groups in total. The van der Waals surface area contributed by atoms with Crippen LogP contribution in [0.5, 0.6) is 5.75 Å². The summed E-state index contributed by atoms with van der Waals surface area (Å²) in [6.07, 6.45) is 4.47. The zero-order valence-corrected chi connectivity index (χ0v) is 16.8. The van der Waals surface area contributed by atoms with Gasteiger partial charge in [-0.2, -0.15) is 13.2 Å². The number of fused-ring (bicyclic) bond motifs is 1. The Kier molecular flexibility index (Phi) is 6.99. The van der Waals surface area contributed by atoms with Crippen molar-refractivity contribution >= 4 is 5.70 Å². The number of ether oxygens (including phenoxy) is 1. The van der Waals surface area contributed by atoms with Gasteiger partial charge in [0.05, 0.1) is 11.6 Å². The Bertz CT molecular complexity index is 884. The minimum absolute atomic E-state index is 0.390. The second kappa shape index (κ2) is 9.49. The number of alkyl halides is 3. The fraction of sp³-hybridized carbons (Fsp3) is 0.409. The lowest BCUT2D eigenvalue weighted by molar-refractivity contribution is -0.137. The van der Waals surface area contributed by atoms with Crippen LogP contribution in [0.15, 0.2) is 42.7 Å². The number of hydrogen-bond donors (Lipinski definition) is 2. The van der Waals surface area contributed by atoms with Gasteiger partial charge in [-0.15, -0.1) is 0 Å². The van der Waals surface area contributed by atoms with Gasteiger partial charge in [0.25, 0.3) is 0 Å². The third-order valence-corrected chi connectivity index (χ3v) is 5.23. The van der Waals surface area contributed by atoms with E-state index >= 15 is 0 Å². The Morgan fingerprint density at radius 2 is 1.87 bits per heavy atom. The Balaban J connectivity index is 0.000000367. The number of aromatic nitrogens is 1. The first-order valence-corrected chi connectivity index (χ1v) is 9.87. The summed E-state index contributed by atoms with van der Waals surface area (Å²) in [5, 5.41) is 10.2. The lowest BCUT2D eigenvalue weighted by Gasteiger charge is -2.28. The van der Waals surface area contributed by atoms with Crippen molar-refractivity contribution in [3.8, 4) is 5.75 Å². The van der Waals surface area contributed by atoms with Crippen LogP contribution in [-0.4, -0.2) is 41.8 Å². The molecule has 1 aromatic heterocycles. The average Bonchev–Trinajstić information content (AvgIpc) is 2.86. The van der Waals surface area contributed by atoms with Crippen molar-refractivity contribution < 1.29 is 23.0 Å². The van der Waals surface area contributed by atoms with Gasteiger partial charge in [-0.3, -0.25) is 9.88 Å². The van der Waals surface area contributed by atoms with Crippen LogP contribution >= 0.6 is 0 Å². The zero-order chi connectivity index (χ0) is 21.7. The fourth-order valence-corrected chi connectivity index (χ4v) is 3.62. The molecule has 3 heterocycles. The molecule has 162 valence electrons. The molecule has 1 atom stereocenters. The van der Waals surface area contributed by atoms with Crippen molar-refractivity contribution in [2.24, 2.45) is 5.73 Å². The summed E-state index contributed by atoms with van der Waals surface area (Å²) in [4.78, 5) is 5.97. The first-order valence-electron chi connectivity index (χ1n) is 9.87. The third-order valence-electron chi connectivity index (χ3n) is 5.23. The molecule has 0 amide bonds. The summed E-state index contributed by atoms with van der Waals surface area (Å²) in [6.45, 7) is 2.49. The molecular weight excluding hydrogens is 395 g/mol. The molecule has 0 radical (unpaired) electrons. The lowest BCUT2D eigenvalue weighted by Crippen LogP contribution is -2.25. The summed E-state index contributed by atoms with van der Waals surface area (Å²) in [5.41, 5.74) is 7.61. The number of phenolic OH excluding ortho intramolecular Hbond substituents is 1. The molecule has 1 aromatic carbocycles. The second-order valence-corrected chi connectivity index (χ2v) is 7.41. The molecule has 1 saturated heterocycles. The number of nitrogens with zero attached hydrogens (tertiary/aromatic N) is 2. The minimum atomic E-state index is -4.50. The molecule has 2 aromatic rings. The molecule has 1 fully saturated rings. The number of nitrogens with two attached hydrogens (primary N) is 1. The standard InChI is InChI=1S/C17H16F3N3O.C5H10O/c1-23-7-5-14(21)13-9-22-6-4-11(13)16(23)12-3-2-10(8-15(12)24)17(18,19)20;1-2-4-6-5-3-1/h2-6,8-9,16,24H,7,21H2,1H3;1-5H2. The number of aromatic hydroxyl groups is 1. The molecule has 5 nitrogen and oxygen atoms in total. The maximum atomic E-state index is 12.8. The highest BCUT2D eigenvalue weighted by molar-refractivity contribution is 5.67. The van der Waals surface area contributed by atoms with E-state index < -0.39 is 23.5 Å². The van der Waals surface area contributed by atoms with E-state index in [0.717, 1.165) is 30.9 Å². The van der Waals surface area contributed by atoms with E-state index in [1.165, 1.54) is 25.3 Å². The van der Waals surface area contributed by atoms with E-state index in [2.05, 4.69) is 4.98 Å². The first-order chi connectivity index (χ1) is 14.3. The van der Waals surface area contributed by atoms with Crippen LogP contribution in [0.1, 0.15) is 47.6 Å². The van der Waals surface area contributed by atoms with Gasteiger partial charge in [-0.25, -0.2) is 0 Å². The highest BCUT2D eigenvalue weighted by Crippen LogP contribution is 2.40. The number of benzene rings is 1. The van der Waals surface area contributed by atoms with Gasteiger partial charge in [0.15, 0.2) is 0 Å². The summed E-state index contributed by atoms with van der Waals surface area (Å²) >= 11 is 0. The minimum Gasteiger partial charge on any atom is -0.508 e. The summed E-state index contributed by atoms with van der Waals surface area (Å²) in [5.74, 6) is -0.398. The SMILES string of the molecule is C1CCOCC1.CN1CC=C(N)c2cnccc2C1c1ccc(C(F)(F)F)cc1O. The molecule has 30 heavy (non-hydrogen) atoms. The molecule has 0 aliphatic carbocycles. The molecule has 0 spiro atoms. The monoisotopic (exact) mass is 421 g/mol. The van der Waals surface area contributed by atoms with Crippen molar-refractivity contribution in [3.63, 3.8) is 0 Å². The van der Waals surface area contributed by atoms with Gasteiger partial charge in [0, 0.05) is 49.0 Å². The lowest BCUT2D eigenvalue weighted by atomic mass is 9.93. The molecular formula is C22H26F3N3O2. The van der Waals surface area contributed by atoms with Crippen molar-refractivity contribution in [1.29, 1.82) is 0 Å². The van der Waals surface area contributed by atoms with Crippen LogP contribution in [0, 0.1) is 0 Å². The highest BCUT2D eigenvalue weighted by Gasteiger charge is 2.33. The van der Waals surface area contributed by atoms with Crippen LogP contribution in [0.3, 0.4) is 0 Å². The van der Waals surface area contributed by atoms with Crippen LogP contribution in [0.25, 0.3) is 5.70 Å². The van der Waals surface area contributed by atoms with Crippen LogP contribution in [0.4, 0.5) is 13.2 Å². The van der Waals surface area contributed by atoms with Crippen molar-refractivity contribution in [2.75, 3.05) is 26.8 Å². The van der Waals surface area contributed by atoms with E-state index in [1.807, 2.05) is 18.0 Å². The van der Waals surface area contributed by atoms with Gasteiger partial charge in [0.1, 0.15) is 5.75 Å². The van der Waals surface area contributed by atoms with E-state index in [9.17, 15) is 18.3 Å². The van der Waals surface area contributed by atoms with Crippen LogP contribution in [-0.2, 0) is 10.9 Å². The summed E-state index contributed by atoms with van der Waals surface area (Å²) in [6, 6.07) is 4.38. The Morgan fingerprint density at radius 3 is 2.43 bits per heavy atom. The van der Waals surface area contributed by atoms with E-state index in [4.69, 9.17) is 10.5 Å². The normalized spacial score (nSPS) is 19.7. The number of rotatable bonds is 1. The Morgan fingerprint density at radius 1 is 1.13 bits per heavy atom.